The van der Waals surface area contributed by atoms with Crippen LogP contribution in [0.4, 0.5) is 0 Å². The Bertz CT molecular complexity index is 603. The number of carbonyl (C=O) groups is 1. The first-order chi connectivity index (χ1) is 9.28. The maximum Gasteiger partial charge on any atom is 0.294 e. The molecule has 2 aromatic rings. The zero-order valence-electron chi connectivity index (χ0n) is 10.4. The van der Waals surface area contributed by atoms with Crippen LogP contribution >= 0.6 is 11.3 Å². The zero-order chi connectivity index (χ0) is 13.2. The number of amides is 1. The lowest BCUT2D eigenvalue weighted by Gasteiger charge is -2.13. The fourth-order valence-corrected chi connectivity index (χ4v) is 3.10. The van der Waals surface area contributed by atoms with Gasteiger partial charge in [0.05, 0.1) is 24.3 Å². The Labute approximate surface area is 114 Å². The summed E-state index contributed by atoms with van der Waals surface area (Å²) in [6.07, 6.45) is 6.46. The van der Waals surface area contributed by atoms with Crippen LogP contribution in [0.5, 0.6) is 0 Å². The van der Waals surface area contributed by atoms with Crippen LogP contribution in [0.2, 0.25) is 0 Å². The van der Waals surface area contributed by atoms with Crippen molar-refractivity contribution < 1.29 is 4.79 Å². The first-order valence-electron chi connectivity index (χ1n) is 6.26. The first-order valence-corrected chi connectivity index (χ1v) is 7.14. The molecule has 1 aliphatic carbocycles. The Morgan fingerprint density at radius 1 is 1.47 bits per heavy atom. The number of thiazole rings is 1. The van der Waals surface area contributed by atoms with Crippen molar-refractivity contribution >= 4 is 17.2 Å². The summed E-state index contributed by atoms with van der Waals surface area (Å²) in [5.74, 6) is 4.75. The largest absolute Gasteiger partial charge is 0.328 e. The van der Waals surface area contributed by atoms with Gasteiger partial charge in [0.15, 0.2) is 5.01 Å². The molecule has 0 aromatic carbocycles. The van der Waals surface area contributed by atoms with Crippen molar-refractivity contribution in [3.05, 3.63) is 33.8 Å². The summed E-state index contributed by atoms with van der Waals surface area (Å²) in [5, 5.41) is 2.28. The van der Waals surface area contributed by atoms with Crippen molar-refractivity contribution in [3.8, 4) is 0 Å². The highest BCUT2D eigenvalue weighted by molar-refractivity contribution is 7.11. The number of nitrogens with two attached hydrogens (primary N) is 1. The Kier molecular flexibility index (Phi) is 3.31. The van der Waals surface area contributed by atoms with Gasteiger partial charge in [-0.1, -0.05) is 0 Å². The quantitative estimate of drug-likeness (QED) is 0.495. The second-order valence-corrected chi connectivity index (χ2v) is 5.45. The molecule has 7 heteroatoms. The van der Waals surface area contributed by atoms with Crippen LogP contribution in [0.3, 0.4) is 0 Å². The molecule has 2 heterocycles. The Hall–Kier alpha value is -1.73. The van der Waals surface area contributed by atoms with Crippen molar-refractivity contribution in [2.45, 2.75) is 32.2 Å². The summed E-state index contributed by atoms with van der Waals surface area (Å²) in [5.41, 5.74) is 5.48. The predicted molar refractivity (Wildman–Crippen MR) is 71.7 cm³/mol. The van der Waals surface area contributed by atoms with E-state index in [1.807, 2.05) is 11.7 Å². The van der Waals surface area contributed by atoms with Crippen LogP contribution in [-0.4, -0.2) is 20.4 Å². The standard InChI is InChI=1S/C12H15N5OS/c13-16-11(18)12-15-8(6-19-12)5-17-7-14-9-3-1-2-4-10(9)17/h6-7H,1-5,13H2,(H,16,18). The number of nitrogens with one attached hydrogen (secondary N) is 1. The SMILES string of the molecule is NNC(=O)c1nc(Cn2cnc3c2CCCC3)cs1. The monoisotopic (exact) mass is 277 g/mol. The lowest BCUT2D eigenvalue weighted by atomic mass is 10.0. The van der Waals surface area contributed by atoms with Crippen molar-refractivity contribution in [1.29, 1.82) is 0 Å². The third kappa shape index (κ3) is 2.39. The first kappa shape index (κ1) is 12.3. The number of hydrogen-bond acceptors (Lipinski definition) is 5. The smallest absolute Gasteiger partial charge is 0.294 e. The molecule has 0 saturated heterocycles. The Morgan fingerprint density at radius 2 is 2.32 bits per heavy atom. The minimum absolute atomic E-state index is 0.344. The molecule has 0 fully saturated rings. The molecule has 0 spiro atoms. The van der Waals surface area contributed by atoms with Gasteiger partial charge in [0.1, 0.15) is 0 Å². The fraction of sp³-hybridized carbons (Fsp3) is 0.417. The van der Waals surface area contributed by atoms with Gasteiger partial charge in [-0.05, 0) is 25.7 Å². The maximum absolute atomic E-state index is 11.4. The molecule has 3 rings (SSSR count). The Balaban J connectivity index is 1.80. The predicted octanol–water partition coefficient (Wildman–Crippen LogP) is 0.870. The highest BCUT2D eigenvalue weighted by atomic mass is 32.1. The van der Waals surface area contributed by atoms with Gasteiger partial charge in [-0.2, -0.15) is 0 Å². The second kappa shape index (κ2) is 5.10. The minimum Gasteiger partial charge on any atom is -0.328 e. The third-order valence-corrected chi connectivity index (χ3v) is 4.21. The van der Waals surface area contributed by atoms with Crippen LogP contribution in [0.25, 0.3) is 0 Å². The summed E-state index contributed by atoms with van der Waals surface area (Å²) < 4.78 is 2.13. The molecule has 100 valence electrons. The number of aromatic nitrogens is 3. The molecule has 0 bridgehead atoms. The van der Waals surface area contributed by atoms with Gasteiger partial charge in [-0.3, -0.25) is 10.2 Å². The van der Waals surface area contributed by atoms with E-state index in [0.29, 0.717) is 11.6 Å². The number of hydrogen-bond donors (Lipinski definition) is 2. The normalized spacial score (nSPS) is 14.2. The van der Waals surface area contributed by atoms with Gasteiger partial charge >= 0.3 is 0 Å². The average Bonchev–Trinajstić information content (AvgIpc) is 3.06. The van der Waals surface area contributed by atoms with Gasteiger partial charge in [0.2, 0.25) is 0 Å². The zero-order valence-corrected chi connectivity index (χ0v) is 11.2. The summed E-state index contributed by atoms with van der Waals surface area (Å²) in [6.45, 7) is 0.663. The summed E-state index contributed by atoms with van der Waals surface area (Å²) >= 11 is 1.30. The lowest BCUT2D eigenvalue weighted by molar-refractivity contribution is 0.0953. The molecule has 3 N–H and O–H groups in total. The highest BCUT2D eigenvalue weighted by Gasteiger charge is 2.16. The van der Waals surface area contributed by atoms with Gasteiger partial charge in [-0.25, -0.2) is 15.8 Å². The van der Waals surface area contributed by atoms with E-state index in [9.17, 15) is 4.79 Å². The number of nitrogens with zero attached hydrogens (tertiary/aromatic N) is 3. The molecule has 0 saturated carbocycles. The molecule has 0 atom stereocenters. The number of imidazole rings is 1. The van der Waals surface area contributed by atoms with Gasteiger partial charge < -0.3 is 4.57 Å². The molecule has 0 unspecified atom stereocenters. The summed E-state index contributed by atoms with van der Waals surface area (Å²) in [7, 11) is 0. The average molecular weight is 277 g/mol. The van der Waals surface area contributed by atoms with E-state index in [1.54, 1.807) is 0 Å². The number of rotatable bonds is 3. The number of nitrogen functional groups attached to an aromatic ring is 1. The molecule has 6 nitrogen and oxygen atoms in total. The number of carbonyl (C=O) groups excluding carboxylic acids is 1. The molecule has 1 amide bonds. The summed E-state index contributed by atoms with van der Waals surface area (Å²) in [4.78, 5) is 20.1. The molecule has 0 aliphatic heterocycles. The molecule has 0 radical (unpaired) electrons. The van der Waals surface area contributed by atoms with Crippen molar-refractivity contribution in [1.82, 2.24) is 20.0 Å². The van der Waals surface area contributed by atoms with Gasteiger partial charge in [0, 0.05) is 11.1 Å². The van der Waals surface area contributed by atoms with E-state index >= 15 is 0 Å². The Morgan fingerprint density at radius 3 is 3.16 bits per heavy atom. The number of aryl methyl sites for hydroxylation is 1. The molecular weight excluding hydrogens is 262 g/mol. The molecule has 2 aromatic heterocycles. The summed E-state index contributed by atoms with van der Waals surface area (Å²) in [6, 6.07) is 0. The minimum atomic E-state index is -0.344. The molecular formula is C12H15N5OS. The second-order valence-electron chi connectivity index (χ2n) is 4.59. The van der Waals surface area contributed by atoms with E-state index in [4.69, 9.17) is 5.84 Å². The van der Waals surface area contributed by atoms with Crippen LogP contribution in [0.1, 0.15) is 39.7 Å². The van der Waals surface area contributed by atoms with E-state index < -0.39 is 0 Å². The maximum atomic E-state index is 11.4. The third-order valence-electron chi connectivity index (χ3n) is 3.32. The molecule has 19 heavy (non-hydrogen) atoms. The van der Waals surface area contributed by atoms with Crippen LogP contribution in [-0.2, 0) is 19.4 Å². The van der Waals surface area contributed by atoms with Gasteiger partial charge in [0.25, 0.3) is 5.91 Å². The van der Waals surface area contributed by atoms with Crippen molar-refractivity contribution in [2.24, 2.45) is 5.84 Å². The van der Waals surface area contributed by atoms with E-state index in [0.717, 1.165) is 18.5 Å². The topological polar surface area (TPSA) is 85.8 Å². The van der Waals surface area contributed by atoms with Gasteiger partial charge in [-0.15, -0.1) is 11.3 Å². The highest BCUT2D eigenvalue weighted by Crippen LogP contribution is 2.21. The fourth-order valence-electron chi connectivity index (χ4n) is 2.39. The van der Waals surface area contributed by atoms with E-state index in [-0.39, 0.29) is 5.91 Å². The molecule has 1 aliphatic rings. The number of hydrazine groups is 1. The van der Waals surface area contributed by atoms with Crippen LogP contribution < -0.4 is 11.3 Å². The van der Waals surface area contributed by atoms with Crippen molar-refractivity contribution in [3.63, 3.8) is 0 Å². The van der Waals surface area contributed by atoms with Crippen LogP contribution in [0.15, 0.2) is 11.7 Å². The lowest BCUT2D eigenvalue weighted by Crippen LogP contribution is -2.29. The van der Waals surface area contributed by atoms with Crippen molar-refractivity contribution in [2.75, 3.05) is 0 Å². The van der Waals surface area contributed by atoms with Crippen LogP contribution in [0, 0.1) is 0 Å². The van der Waals surface area contributed by atoms with E-state index in [1.165, 1.54) is 35.6 Å². The van der Waals surface area contributed by atoms with E-state index in [2.05, 4.69) is 20.0 Å². The number of fused-ring (bicyclic) bond motifs is 1.